The maximum Gasteiger partial charge on any atom is 0.490 e. The predicted molar refractivity (Wildman–Crippen MR) is 111 cm³/mol. The van der Waals surface area contributed by atoms with Crippen molar-refractivity contribution in [3.8, 4) is 5.75 Å². The number of piperazine rings is 1. The third-order valence-electron chi connectivity index (χ3n) is 4.34. The molecule has 1 saturated heterocycles. The number of halogens is 3. The Labute approximate surface area is 190 Å². The van der Waals surface area contributed by atoms with E-state index in [-0.39, 0.29) is 30.5 Å². The Balaban J connectivity index is 0.000000675. The minimum absolute atomic E-state index is 0.115. The molecule has 1 heterocycles. The number of carbonyl (C=O) groups is 2. The highest BCUT2D eigenvalue weighted by atomic mass is 32.2. The fourth-order valence-electron chi connectivity index (χ4n) is 2.67. The van der Waals surface area contributed by atoms with Gasteiger partial charge in [-0.25, -0.2) is 13.2 Å². The number of benzene rings is 1. The lowest BCUT2D eigenvalue weighted by atomic mass is 10.3. The monoisotopic (exact) mass is 499 g/mol. The van der Waals surface area contributed by atoms with Crippen molar-refractivity contribution in [1.29, 1.82) is 0 Å². The fraction of sp³-hybridized carbons (Fsp3) is 0.579. The minimum atomic E-state index is -5.08. The van der Waals surface area contributed by atoms with Crippen LogP contribution in [0.5, 0.6) is 5.75 Å². The number of ether oxygens (including phenoxy) is 2. The zero-order chi connectivity index (χ0) is 25.1. The molecule has 1 amide bonds. The van der Waals surface area contributed by atoms with Gasteiger partial charge in [0.15, 0.2) is 0 Å². The normalized spacial score (nSPS) is 14.4. The van der Waals surface area contributed by atoms with Crippen LogP contribution >= 0.6 is 0 Å². The summed E-state index contributed by atoms with van der Waals surface area (Å²) in [7, 11) is -2.30. The Morgan fingerprint density at radius 3 is 2.18 bits per heavy atom. The number of hydrogen-bond donors (Lipinski definition) is 2. The zero-order valence-electron chi connectivity index (χ0n) is 18.3. The number of aliphatic carboxylic acids is 1. The number of methoxy groups -OCH3 is 1. The summed E-state index contributed by atoms with van der Waals surface area (Å²) in [5.74, 6) is -2.35. The topological polar surface area (TPSA) is 125 Å². The molecule has 1 aromatic rings. The van der Waals surface area contributed by atoms with Crippen LogP contribution in [-0.2, 0) is 24.3 Å². The van der Waals surface area contributed by atoms with E-state index in [1.165, 1.54) is 23.5 Å². The molecule has 0 aliphatic carbocycles. The smallest absolute Gasteiger partial charge is 0.490 e. The number of hydrogen-bond acceptors (Lipinski definition) is 7. The first-order chi connectivity index (χ1) is 15.4. The van der Waals surface area contributed by atoms with Crippen molar-refractivity contribution in [1.82, 2.24) is 14.5 Å². The summed E-state index contributed by atoms with van der Waals surface area (Å²) in [5.41, 5.74) is 0. The molecule has 0 bridgehead atoms. The van der Waals surface area contributed by atoms with Gasteiger partial charge in [0.25, 0.3) is 0 Å². The molecule has 1 aliphatic rings. The van der Waals surface area contributed by atoms with E-state index in [9.17, 15) is 26.4 Å². The van der Waals surface area contributed by atoms with Crippen LogP contribution in [0.15, 0.2) is 29.2 Å². The predicted octanol–water partition coefficient (Wildman–Crippen LogP) is 0.788. The number of alkyl halides is 3. The molecule has 0 saturated carbocycles. The number of carboxylic acid groups (broad SMARTS) is 1. The SMILES string of the molecule is CCOc1ccc(S(=O)(=O)N(CCOC)CC(=O)N2CCNCC2)cc1.O=C(O)C(F)(F)F. The van der Waals surface area contributed by atoms with E-state index < -0.39 is 22.2 Å². The molecule has 2 rings (SSSR count). The summed E-state index contributed by atoms with van der Waals surface area (Å²) in [5, 5.41) is 10.3. The van der Waals surface area contributed by atoms with Gasteiger partial charge in [0, 0.05) is 39.8 Å². The van der Waals surface area contributed by atoms with E-state index >= 15 is 0 Å². The molecule has 188 valence electrons. The first-order valence-electron chi connectivity index (χ1n) is 9.94. The van der Waals surface area contributed by atoms with Crippen LogP contribution in [0, 0.1) is 0 Å². The number of amides is 1. The second-order valence-electron chi connectivity index (χ2n) is 6.67. The number of nitrogens with zero attached hydrogens (tertiary/aromatic N) is 2. The maximum absolute atomic E-state index is 13.0. The molecule has 0 spiro atoms. The van der Waals surface area contributed by atoms with Crippen LogP contribution < -0.4 is 10.1 Å². The molecule has 1 aliphatic heterocycles. The molecule has 0 radical (unpaired) electrons. The second-order valence-corrected chi connectivity index (χ2v) is 8.61. The van der Waals surface area contributed by atoms with Gasteiger partial charge in [0.1, 0.15) is 5.75 Å². The lowest BCUT2D eigenvalue weighted by molar-refractivity contribution is -0.192. The molecule has 14 heteroatoms. The highest BCUT2D eigenvalue weighted by molar-refractivity contribution is 7.89. The van der Waals surface area contributed by atoms with Crippen LogP contribution in [0.1, 0.15) is 6.92 Å². The van der Waals surface area contributed by atoms with Crippen molar-refractivity contribution in [2.75, 3.05) is 59.6 Å². The van der Waals surface area contributed by atoms with Gasteiger partial charge in [-0.05, 0) is 31.2 Å². The summed E-state index contributed by atoms with van der Waals surface area (Å²) in [6.45, 7) is 5.10. The number of carboxylic acids is 1. The van der Waals surface area contributed by atoms with Crippen molar-refractivity contribution >= 4 is 21.9 Å². The quantitative estimate of drug-likeness (QED) is 0.511. The largest absolute Gasteiger partial charge is 0.494 e. The van der Waals surface area contributed by atoms with Crippen LogP contribution in [-0.4, -0.2) is 100 Å². The zero-order valence-corrected chi connectivity index (χ0v) is 19.1. The highest BCUT2D eigenvalue weighted by Gasteiger charge is 2.38. The van der Waals surface area contributed by atoms with Gasteiger partial charge in [-0.3, -0.25) is 4.79 Å². The van der Waals surface area contributed by atoms with E-state index in [1.54, 1.807) is 17.0 Å². The summed E-state index contributed by atoms with van der Waals surface area (Å²) in [6.07, 6.45) is -5.08. The van der Waals surface area contributed by atoms with Crippen LogP contribution in [0.2, 0.25) is 0 Å². The van der Waals surface area contributed by atoms with Crippen molar-refractivity contribution < 1.29 is 45.8 Å². The maximum atomic E-state index is 13.0. The number of sulfonamides is 1. The van der Waals surface area contributed by atoms with Crippen LogP contribution in [0.3, 0.4) is 0 Å². The molecule has 0 aromatic heterocycles. The van der Waals surface area contributed by atoms with E-state index in [1.807, 2.05) is 6.92 Å². The van der Waals surface area contributed by atoms with E-state index in [4.69, 9.17) is 19.4 Å². The first-order valence-corrected chi connectivity index (χ1v) is 11.4. The average molecular weight is 500 g/mol. The lowest BCUT2D eigenvalue weighted by Gasteiger charge is -2.30. The Hall–Kier alpha value is -2.42. The van der Waals surface area contributed by atoms with E-state index in [0.29, 0.717) is 25.4 Å². The molecule has 33 heavy (non-hydrogen) atoms. The second kappa shape index (κ2) is 13.3. The number of rotatable bonds is 9. The van der Waals surface area contributed by atoms with Crippen molar-refractivity contribution in [3.05, 3.63) is 24.3 Å². The van der Waals surface area contributed by atoms with Crippen LogP contribution in [0.4, 0.5) is 13.2 Å². The van der Waals surface area contributed by atoms with Crippen molar-refractivity contribution in [2.24, 2.45) is 0 Å². The number of nitrogens with one attached hydrogen (secondary N) is 1. The summed E-state index contributed by atoms with van der Waals surface area (Å²) in [6, 6.07) is 6.22. The number of carbonyl (C=O) groups excluding carboxylic acids is 1. The van der Waals surface area contributed by atoms with Crippen molar-refractivity contribution in [2.45, 2.75) is 18.0 Å². The molecule has 10 nitrogen and oxygen atoms in total. The van der Waals surface area contributed by atoms with E-state index in [2.05, 4.69) is 5.32 Å². The third kappa shape index (κ3) is 9.53. The van der Waals surface area contributed by atoms with Gasteiger partial charge in [0.05, 0.1) is 24.7 Å². The van der Waals surface area contributed by atoms with Gasteiger partial charge in [0.2, 0.25) is 15.9 Å². The summed E-state index contributed by atoms with van der Waals surface area (Å²) in [4.78, 5) is 23.2. The standard InChI is InChI=1S/C17H27N3O5S.C2HF3O2/c1-3-25-15-4-6-16(7-5-15)26(22,23)20(12-13-24-2)14-17(21)19-10-8-18-9-11-19;3-2(4,5)1(6)7/h4-7,18H,3,8-14H2,1-2H3;(H,6,7). The molecule has 0 unspecified atom stereocenters. The summed E-state index contributed by atoms with van der Waals surface area (Å²) < 4.78 is 69.2. The van der Waals surface area contributed by atoms with Gasteiger partial charge < -0.3 is 24.8 Å². The van der Waals surface area contributed by atoms with Gasteiger partial charge in [-0.2, -0.15) is 17.5 Å². The van der Waals surface area contributed by atoms with Gasteiger partial charge in [-0.15, -0.1) is 0 Å². The molecular weight excluding hydrogens is 471 g/mol. The molecular formula is C19H28F3N3O7S. The molecule has 1 fully saturated rings. The van der Waals surface area contributed by atoms with Crippen molar-refractivity contribution in [3.63, 3.8) is 0 Å². The summed E-state index contributed by atoms with van der Waals surface area (Å²) >= 11 is 0. The first kappa shape index (κ1) is 28.6. The molecule has 1 aromatic carbocycles. The van der Waals surface area contributed by atoms with E-state index in [0.717, 1.165) is 13.1 Å². The lowest BCUT2D eigenvalue weighted by Crippen LogP contribution is -2.50. The highest BCUT2D eigenvalue weighted by Crippen LogP contribution is 2.20. The van der Waals surface area contributed by atoms with Gasteiger partial charge >= 0.3 is 12.1 Å². The Morgan fingerprint density at radius 2 is 1.73 bits per heavy atom. The molecule has 0 atom stereocenters. The Morgan fingerprint density at radius 1 is 1.18 bits per heavy atom. The average Bonchev–Trinajstić information content (AvgIpc) is 2.77. The van der Waals surface area contributed by atoms with Crippen LogP contribution in [0.25, 0.3) is 0 Å². The Bertz CT molecular complexity index is 858. The third-order valence-corrected chi connectivity index (χ3v) is 6.20. The molecule has 2 N–H and O–H groups in total. The fourth-order valence-corrected chi connectivity index (χ4v) is 4.04. The Kier molecular flexibility index (Phi) is 11.6. The minimum Gasteiger partial charge on any atom is -0.494 e. The van der Waals surface area contributed by atoms with Gasteiger partial charge in [-0.1, -0.05) is 0 Å².